The maximum Gasteiger partial charge on any atom is 0.416 e. The largest absolute Gasteiger partial charge is 0.475 e. The van der Waals surface area contributed by atoms with E-state index in [-0.39, 0.29) is 24.7 Å². The fourth-order valence-electron chi connectivity index (χ4n) is 3.15. The fraction of sp³-hybridized carbons (Fsp3) is 0.412. The predicted molar refractivity (Wildman–Crippen MR) is 94.4 cm³/mol. The summed E-state index contributed by atoms with van der Waals surface area (Å²) in [6.07, 6.45) is -4.40. The number of carbonyl (C=O) groups excluding carboxylic acids is 1. The summed E-state index contributed by atoms with van der Waals surface area (Å²) < 4.78 is 43.3. The van der Waals surface area contributed by atoms with Gasteiger partial charge in [0.1, 0.15) is 0 Å². The van der Waals surface area contributed by atoms with Gasteiger partial charge in [-0.1, -0.05) is 18.2 Å². The maximum absolute atomic E-state index is 12.8. The van der Waals surface area contributed by atoms with Crippen molar-refractivity contribution in [1.29, 1.82) is 0 Å². The van der Waals surface area contributed by atoms with Crippen molar-refractivity contribution in [3.63, 3.8) is 0 Å². The summed E-state index contributed by atoms with van der Waals surface area (Å²) in [6, 6.07) is 5.11. The molecule has 0 spiro atoms. The molecule has 156 valence electrons. The monoisotopic (exact) mass is 413 g/mol. The van der Waals surface area contributed by atoms with Gasteiger partial charge in [-0.25, -0.2) is 0 Å². The number of hydrogen-bond acceptors (Lipinski definition) is 6. The molecular formula is C17H18F3N5O4. The predicted octanol–water partition coefficient (Wildman–Crippen LogP) is 2.30. The van der Waals surface area contributed by atoms with Crippen LogP contribution in [-0.4, -0.2) is 64.1 Å². The first kappa shape index (κ1) is 20.6. The highest BCUT2D eigenvalue weighted by molar-refractivity contribution is 5.97. The van der Waals surface area contributed by atoms with Gasteiger partial charge in [-0.3, -0.25) is 24.9 Å². The van der Waals surface area contributed by atoms with Crippen LogP contribution in [0.5, 0.6) is 5.88 Å². The molecular weight excluding hydrogens is 395 g/mol. The minimum atomic E-state index is -4.40. The highest BCUT2D eigenvalue weighted by Crippen LogP contribution is 2.30. The smallest absolute Gasteiger partial charge is 0.416 e. The molecule has 1 aromatic heterocycles. The van der Waals surface area contributed by atoms with E-state index in [1.807, 2.05) is 4.90 Å². The van der Waals surface area contributed by atoms with Crippen molar-refractivity contribution < 1.29 is 27.6 Å². The van der Waals surface area contributed by atoms with Gasteiger partial charge in [0, 0.05) is 32.7 Å². The Morgan fingerprint density at radius 1 is 1.31 bits per heavy atom. The van der Waals surface area contributed by atoms with E-state index in [0.717, 1.165) is 12.1 Å². The molecule has 9 nitrogen and oxygen atoms in total. The maximum atomic E-state index is 12.8. The quantitative estimate of drug-likeness (QED) is 0.596. The van der Waals surface area contributed by atoms with Crippen LogP contribution in [0.25, 0.3) is 0 Å². The van der Waals surface area contributed by atoms with Crippen LogP contribution in [0.1, 0.15) is 21.6 Å². The molecule has 0 aliphatic carbocycles. The molecule has 1 aliphatic rings. The fourth-order valence-corrected chi connectivity index (χ4v) is 3.15. The van der Waals surface area contributed by atoms with E-state index in [2.05, 4.69) is 10.2 Å². The van der Waals surface area contributed by atoms with Crippen molar-refractivity contribution in [3.05, 3.63) is 51.2 Å². The minimum absolute atomic E-state index is 0.266. The highest BCUT2D eigenvalue weighted by atomic mass is 19.4. The molecule has 0 unspecified atom stereocenters. The van der Waals surface area contributed by atoms with Crippen LogP contribution in [0.2, 0.25) is 0 Å². The van der Waals surface area contributed by atoms with Crippen LogP contribution >= 0.6 is 0 Å². The van der Waals surface area contributed by atoms with Crippen molar-refractivity contribution in [2.24, 2.45) is 0 Å². The van der Waals surface area contributed by atoms with Crippen molar-refractivity contribution >= 4 is 11.6 Å². The van der Waals surface area contributed by atoms with Crippen molar-refractivity contribution in [2.75, 3.05) is 33.3 Å². The lowest BCUT2D eigenvalue weighted by Crippen LogP contribution is -2.48. The van der Waals surface area contributed by atoms with Gasteiger partial charge in [-0.2, -0.15) is 13.2 Å². The highest BCUT2D eigenvalue weighted by Gasteiger charge is 2.34. The SMILES string of the molecule is COc1n[nH]c(C(=O)N2CCN(Cc3cccc(C(F)(F)F)c3)CC2)c1[N+](=O)[O-]. The number of amides is 1. The number of ether oxygens (including phenoxy) is 1. The molecule has 12 heteroatoms. The summed E-state index contributed by atoms with van der Waals surface area (Å²) in [5.74, 6) is -0.854. The Labute approximate surface area is 163 Å². The molecule has 1 saturated heterocycles. The van der Waals surface area contributed by atoms with E-state index in [4.69, 9.17) is 4.74 Å². The second kappa shape index (κ2) is 8.07. The molecule has 0 atom stereocenters. The van der Waals surface area contributed by atoms with Gasteiger partial charge >= 0.3 is 17.7 Å². The summed E-state index contributed by atoms with van der Waals surface area (Å²) in [4.78, 5) is 26.4. The van der Waals surface area contributed by atoms with Crippen LogP contribution in [0.15, 0.2) is 24.3 Å². The van der Waals surface area contributed by atoms with Gasteiger partial charge in [-0.05, 0) is 11.6 Å². The lowest BCUT2D eigenvalue weighted by Gasteiger charge is -2.34. The molecule has 2 aromatic rings. The van der Waals surface area contributed by atoms with Crippen LogP contribution < -0.4 is 4.74 Å². The zero-order valence-electron chi connectivity index (χ0n) is 15.4. The molecule has 1 fully saturated rings. The number of carbonyl (C=O) groups is 1. The number of H-pyrrole nitrogens is 1. The van der Waals surface area contributed by atoms with Gasteiger partial charge < -0.3 is 9.64 Å². The first-order valence-corrected chi connectivity index (χ1v) is 8.65. The van der Waals surface area contributed by atoms with Crippen molar-refractivity contribution in [3.8, 4) is 5.88 Å². The minimum Gasteiger partial charge on any atom is -0.475 e. The lowest BCUT2D eigenvalue weighted by molar-refractivity contribution is -0.386. The topological polar surface area (TPSA) is 105 Å². The molecule has 0 saturated carbocycles. The van der Waals surface area contributed by atoms with Crippen LogP contribution in [0, 0.1) is 10.1 Å². The third-order valence-corrected chi connectivity index (χ3v) is 4.62. The normalized spacial score (nSPS) is 15.4. The van der Waals surface area contributed by atoms with Crippen molar-refractivity contribution in [2.45, 2.75) is 12.7 Å². The number of benzene rings is 1. The lowest BCUT2D eigenvalue weighted by atomic mass is 10.1. The standard InChI is InChI=1S/C17H18F3N5O4/c1-29-15-14(25(27)28)13(21-22-15)16(26)24-7-5-23(6-8-24)10-11-3-2-4-12(9-11)17(18,19)20/h2-4,9H,5-8,10H2,1H3,(H,21,22). The molecule has 29 heavy (non-hydrogen) atoms. The van der Waals surface area contributed by atoms with E-state index >= 15 is 0 Å². The number of nitrogens with one attached hydrogen (secondary N) is 1. The number of nitro groups is 1. The van der Waals surface area contributed by atoms with Crippen LogP contribution in [0.4, 0.5) is 18.9 Å². The van der Waals surface area contributed by atoms with Gasteiger partial charge in [0.25, 0.3) is 5.91 Å². The number of halogens is 3. The van der Waals surface area contributed by atoms with Crippen LogP contribution in [0.3, 0.4) is 0 Å². The second-order valence-electron chi connectivity index (χ2n) is 6.48. The molecule has 1 N–H and O–H groups in total. The Kier molecular flexibility index (Phi) is 5.73. The Balaban J connectivity index is 1.63. The number of piperazine rings is 1. The number of aromatic amines is 1. The molecule has 2 heterocycles. The number of aromatic nitrogens is 2. The Morgan fingerprint density at radius 2 is 2.00 bits per heavy atom. The summed E-state index contributed by atoms with van der Waals surface area (Å²) in [5, 5.41) is 17.2. The molecule has 0 bridgehead atoms. The zero-order valence-corrected chi connectivity index (χ0v) is 15.4. The van der Waals surface area contributed by atoms with Gasteiger partial charge in [0.15, 0.2) is 0 Å². The number of nitrogens with zero attached hydrogens (tertiary/aromatic N) is 4. The van der Waals surface area contributed by atoms with Crippen molar-refractivity contribution in [1.82, 2.24) is 20.0 Å². The summed E-state index contributed by atoms with van der Waals surface area (Å²) in [5.41, 5.74) is -0.972. The van der Waals surface area contributed by atoms with E-state index in [0.29, 0.717) is 25.2 Å². The summed E-state index contributed by atoms with van der Waals surface area (Å²) in [7, 11) is 1.21. The first-order valence-electron chi connectivity index (χ1n) is 8.65. The van der Waals surface area contributed by atoms with E-state index in [1.165, 1.54) is 18.1 Å². The third kappa shape index (κ3) is 4.47. The molecule has 0 radical (unpaired) electrons. The van der Waals surface area contributed by atoms with E-state index < -0.39 is 28.3 Å². The number of hydrogen-bond donors (Lipinski definition) is 1. The first-order chi connectivity index (χ1) is 13.7. The number of alkyl halides is 3. The average molecular weight is 413 g/mol. The Morgan fingerprint density at radius 3 is 2.59 bits per heavy atom. The summed E-state index contributed by atoms with van der Waals surface area (Å²) in [6.45, 7) is 1.69. The number of rotatable bonds is 5. The van der Waals surface area contributed by atoms with E-state index in [9.17, 15) is 28.1 Å². The molecule has 3 rings (SSSR count). The Bertz CT molecular complexity index is 907. The molecule has 1 aromatic carbocycles. The molecule has 1 aliphatic heterocycles. The average Bonchev–Trinajstić information content (AvgIpc) is 3.12. The van der Waals surface area contributed by atoms with Gasteiger partial charge in [-0.15, -0.1) is 5.10 Å². The Hall–Kier alpha value is -3.15. The van der Waals surface area contributed by atoms with Gasteiger partial charge in [0.05, 0.1) is 17.6 Å². The summed E-state index contributed by atoms with van der Waals surface area (Å²) >= 11 is 0. The third-order valence-electron chi connectivity index (χ3n) is 4.62. The zero-order chi connectivity index (χ0) is 21.2. The molecule has 1 amide bonds. The number of methoxy groups -OCH3 is 1. The van der Waals surface area contributed by atoms with E-state index in [1.54, 1.807) is 6.07 Å². The van der Waals surface area contributed by atoms with Crippen LogP contribution in [-0.2, 0) is 12.7 Å². The van der Waals surface area contributed by atoms with Gasteiger partial charge in [0.2, 0.25) is 5.69 Å². The second-order valence-corrected chi connectivity index (χ2v) is 6.48.